The molecule has 0 bridgehead atoms. The maximum atomic E-state index is 12.1. The van der Waals surface area contributed by atoms with Crippen LogP contribution in [0.15, 0.2) is 40.7 Å². The summed E-state index contributed by atoms with van der Waals surface area (Å²) in [5.74, 6) is -0.776. The van der Waals surface area contributed by atoms with E-state index >= 15 is 0 Å². The van der Waals surface area contributed by atoms with Crippen LogP contribution in [0.2, 0.25) is 10.0 Å². The van der Waals surface area contributed by atoms with Crippen LogP contribution in [0.25, 0.3) is 10.2 Å². The van der Waals surface area contributed by atoms with Crippen molar-refractivity contribution in [3.8, 4) is 0 Å². The van der Waals surface area contributed by atoms with Gasteiger partial charge in [-0.2, -0.15) is 0 Å². The van der Waals surface area contributed by atoms with E-state index in [0.29, 0.717) is 10.7 Å². The molecule has 1 aromatic heterocycles. The van der Waals surface area contributed by atoms with Gasteiger partial charge in [-0.1, -0.05) is 35.0 Å². The van der Waals surface area contributed by atoms with Crippen LogP contribution in [-0.4, -0.2) is 29.6 Å². The molecule has 1 heterocycles. The molecular formula is C17H13Cl2N3O2S2. The van der Waals surface area contributed by atoms with E-state index < -0.39 is 5.91 Å². The molecule has 2 amide bonds. The van der Waals surface area contributed by atoms with Gasteiger partial charge in [0.05, 0.1) is 27.3 Å². The molecule has 9 heteroatoms. The first-order valence-corrected chi connectivity index (χ1v) is 10.2. The number of thioether (sulfide) groups is 1. The summed E-state index contributed by atoms with van der Waals surface area (Å²) < 4.78 is 1.96. The van der Waals surface area contributed by atoms with E-state index in [2.05, 4.69) is 15.6 Å². The topological polar surface area (TPSA) is 71.1 Å². The number of hydrogen-bond donors (Lipinski definition) is 2. The minimum atomic E-state index is -0.440. The molecule has 0 saturated heterocycles. The Kier molecular flexibility index (Phi) is 6.03. The Labute approximate surface area is 168 Å². The number of nitrogens with one attached hydrogen (secondary N) is 2. The van der Waals surface area contributed by atoms with Crippen LogP contribution in [0.3, 0.4) is 0 Å². The molecule has 5 nitrogen and oxygen atoms in total. The zero-order chi connectivity index (χ0) is 18.7. The number of amides is 2. The molecule has 3 rings (SSSR count). The predicted molar refractivity (Wildman–Crippen MR) is 109 cm³/mol. The van der Waals surface area contributed by atoms with E-state index in [-0.39, 0.29) is 23.0 Å². The van der Waals surface area contributed by atoms with Crippen molar-refractivity contribution in [1.29, 1.82) is 0 Å². The van der Waals surface area contributed by atoms with Gasteiger partial charge in [-0.05, 0) is 42.7 Å². The number of nitrogens with zero attached hydrogens (tertiary/aromatic N) is 1. The van der Waals surface area contributed by atoms with Gasteiger partial charge in [0, 0.05) is 10.7 Å². The maximum Gasteiger partial charge on any atom is 0.253 e. The smallest absolute Gasteiger partial charge is 0.253 e. The van der Waals surface area contributed by atoms with Gasteiger partial charge in [-0.25, -0.2) is 4.98 Å². The van der Waals surface area contributed by atoms with Crippen molar-refractivity contribution >= 4 is 74.0 Å². The number of thiazole rings is 1. The van der Waals surface area contributed by atoms with Gasteiger partial charge in [0.1, 0.15) is 0 Å². The second-order valence-corrected chi connectivity index (χ2v) is 8.15. The predicted octanol–water partition coefficient (Wildman–Crippen LogP) is 4.69. The summed E-state index contributed by atoms with van der Waals surface area (Å²) in [7, 11) is 0. The highest BCUT2D eigenvalue weighted by Crippen LogP contribution is 2.29. The molecule has 0 fully saturated rings. The molecule has 2 N–H and O–H groups in total. The highest BCUT2D eigenvalue weighted by molar-refractivity contribution is 8.00. The summed E-state index contributed by atoms with van der Waals surface area (Å²) in [4.78, 5) is 28.7. The highest BCUT2D eigenvalue weighted by Gasteiger charge is 2.12. The maximum absolute atomic E-state index is 12.1. The fourth-order valence-electron chi connectivity index (χ4n) is 2.20. The van der Waals surface area contributed by atoms with Crippen molar-refractivity contribution in [2.24, 2.45) is 0 Å². The molecule has 0 aliphatic rings. The molecule has 26 heavy (non-hydrogen) atoms. The second kappa shape index (κ2) is 8.26. The minimum absolute atomic E-state index is 0.172. The lowest BCUT2D eigenvalue weighted by atomic mass is 10.2. The van der Waals surface area contributed by atoms with E-state index in [9.17, 15) is 9.59 Å². The van der Waals surface area contributed by atoms with Gasteiger partial charge in [0.2, 0.25) is 5.91 Å². The van der Waals surface area contributed by atoms with Gasteiger partial charge in [-0.15, -0.1) is 11.3 Å². The molecular weight excluding hydrogens is 413 g/mol. The fraction of sp³-hybridized carbons (Fsp3) is 0.118. The summed E-state index contributed by atoms with van der Waals surface area (Å²) >= 11 is 14.9. The number of fused-ring (bicyclic) bond motifs is 1. The van der Waals surface area contributed by atoms with E-state index in [1.165, 1.54) is 12.1 Å². The largest absolute Gasteiger partial charge is 0.343 e. The third-order valence-electron chi connectivity index (χ3n) is 3.41. The van der Waals surface area contributed by atoms with Crippen LogP contribution in [0.1, 0.15) is 10.4 Å². The SMILES string of the molecule is CSc1nc2ccc(NC(=O)CNC(=O)c3ccc(Cl)cc3Cl)cc2s1. The monoisotopic (exact) mass is 425 g/mol. The van der Waals surface area contributed by atoms with E-state index in [1.54, 1.807) is 35.2 Å². The van der Waals surface area contributed by atoms with Gasteiger partial charge >= 0.3 is 0 Å². The van der Waals surface area contributed by atoms with Crippen LogP contribution in [-0.2, 0) is 4.79 Å². The third kappa shape index (κ3) is 4.48. The molecule has 2 aromatic carbocycles. The van der Waals surface area contributed by atoms with Gasteiger partial charge in [0.25, 0.3) is 5.91 Å². The highest BCUT2D eigenvalue weighted by atomic mass is 35.5. The van der Waals surface area contributed by atoms with Gasteiger partial charge in [-0.3, -0.25) is 9.59 Å². The number of anilines is 1. The summed E-state index contributed by atoms with van der Waals surface area (Å²) in [5, 5.41) is 5.96. The number of rotatable bonds is 5. The van der Waals surface area contributed by atoms with Crippen molar-refractivity contribution < 1.29 is 9.59 Å². The third-order valence-corrected chi connectivity index (χ3v) is 5.96. The fourth-order valence-corrected chi connectivity index (χ4v) is 4.23. The number of halogens is 2. The van der Waals surface area contributed by atoms with E-state index in [0.717, 1.165) is 14.6 Å². The van der Waals surface area contributed by atoms with Crippen LogP contribution in [0.5, 0.6) is 0 Å². The first-order chi connectivity index (χ1) is 12.5. The lowest BCUT2D eigenvalue weighted by Gasteiger charge is -2.08. The van der Waals surface area contributed by atoms with Crippen molar-refractivity contribution in [3.63, 3.8) is 0 Å². The van der Waals surface area contributed by atoms with Crippen LogP contribution in [0.4, 0.5) is 5.69 Å². The van der Waals surface area contributed by atoms with Crippen LogP contribution in [0, 0.1) is 0 Å². The molecule has 134 valence electrons. The zero-order valence-electron chi connectivity index (χ0n) is 13.5. The Morgan fingerprint density at radius 3 is 2.73 bits per heavy atom. The van der Waals surface area contributed by atoms with E-state index in [4.69, 9.17) is 23.2 Å². The molecule has 0 spiro atoms. The second-order valence-electron chi connectivity index (χ2n) is 5.22. The molecule has 0 aliphatic carbocycles. The van der Waals surface area contributed by atoms with Gasteiger partial charge < -0.3 is 10.6 Å². The number of carbonyl (C=O) groups is 2. The van der Waals surface area contributed by atoms with Crippen LogP contribution < -0.4 is 10.6 Å². The molecule has 0 radical (unpaired) electrons. The van der Waals surface area contributed by atoms with Crippen molar-refractivity contribution in [2.75, 3.05) is 18.1 Å². The summed E-state index contributed by atoms with van der Waals surface area (Å²) in [5.41, 5.74) is 1.81. The Morgan fingerprint density at radius 1 is 1.19 bits per heavy atom. The standard InChI is InChI=1S/C17H13Cl2N3O2S2/c1-25-17-22-13-5-3-10(7-14(13)26-17)21-15(23)8-20-16(24)11-4-2-9(18)6-12(11)19/h2-7H,8H2,1H3,(H,20,24)(H,21,23). The molecule has 3 aromatic rings. The first-order valence-electron chi connectivity index (χ1n) is 7.44. The number of benzene rings is 2. The van der Waals surface area contributed by atoms with Crippen molar-refractivity contribution in [3.05, 3.63) is 52.0 Å². The molecule has 0 atom stereocenters. The minimum Gasteiger partial charge on any atom is -0.343 e. The van der Waals surface area contributed by atoms with Crippen LogP contribution >= 0.6 is 46.3 Å². The summed E-state index contributed by atoms with van der Waals surface area (Å²) in [6, 6.07) is 10.1. The molecule has 0 aliphatic heterocycles. The average Bonchev–Trinajstić information content (AvgIpc) is 3.02. The lowest BCUT2D eigenvalue weighted by molar-refractivity contribution is -0.115. The Bertz CT molecular complexity index is 991. The average molecular weight is 426 g/mol. The summed E-state index contributed by atoms with van der Waals surface area (Å²) in [6.07, 6.45) is 1.97. The lowest BCUT2D eigenvalue weighted by Crippen LogP contribution is -2.33. The normalized spacial score (nSPS) is 10.7. The van der Waals surface area contributed by atoms with Crippen molar-refractivity contribution in [2.45, 2.75) is 4.34 Å². The Hall–Kier alpha value is -1.80. The van der Waals surface area contributed by atoms with E-state index in [1.807, 2.05) is 18.4 Å². The quantitative estimate of drug-likeness (QED) is 0.581. The first kappa shape index (κ1) is 19.0. The number of aromatic nitrogens is 1. The Balaban J connectivity index is 1.61. The zero-order valence-corrected chi connectivity index (χ0v) is 16.7. The summed E-state index contributed by atoms with van der Waals surface area (Å²) in [6.45, 7) is -0.172. The number of carbonyl (C=O) groups excluding carboxylic acids is 2. The van der Waals surface area contributed by atoms with Crippen molar-refractivity contribution in [1.82, 2.24) is 10.3 Å². The number of hydrogen-bond acceptors (Lipinski definition) is 5. The Morgan fingerprint density at radius 2 is 2.00 bits per heavy atom. The molecule has 0 unspecified atom stereocenters. The molecule has 0 saturated carbocycles. The van der Waals surface area contributed by atoms with Gasteiger partial charge in [0.15, 0.2) is 4.34 Å².